The van der Waals surface area contributed by atoms with Crippen molar-refractivity contribution in [3.8, 4) is 0 Å². The van der Waals surface area contributed by atoms with Crippen LogP contribution in [0.2, 0.25) is 0 Å². The lowest BCUT2D eigenvalue weighted by atomic mass is 9.99. The lowest BCUT2D eigenvalue weighted by Crippen LogP contribution is -2.40. The maximum Gasteiger partial charge on any atom is 0.221 e. The summed E-state index contributed by atoms with van der Waals surface area (Å²) in [7, 11) is 0. The Balaban J connectivity index is 1.50. The van der Waals surface area contributed by atoms with Gasteiger partial charge in [0.25, 0.3) is 0 Å². The topological polar surface area (TPSA) is 53.2 Å². The fraction of sp³-hybridized carbons (Fsp3) is 0.929. The molecule has 2 aliphatic rings. The number of rotatable bonds is 7. The largest absolute Gasteiger partial charge is 0.353 e. The molecule has 2 unspecified atom stereocenters. The van der Waals surface area contributed by atoms with E-state index in [0.29, 0.717) is 24.5 Å². The molecular formula is C14H27N3O. The van der Waals surface area contributed by atoms with E-state index in [0.717, 1.165) is 6.54 Å². The Morgan fingerprint density at radius 1 is 1.33 bits per heavy atom. The summed E-state index contributed by atoms with van der Waals surface area (Å²) in [6, 6.07) is 1.65. The van der Waals surface area contributed by atoms with Gasteiger partial charge in [0.2, 0.25) is 5.91 Å². The summed E-state index contributed by atoms with van der Waals surface area (Å²) >= 11 is 0. The maximum atomic E-state index is 11.5. The van der Waals surface area contributed by atoms with Crippen molar-refractivity contribution >= 4 is 5.91 Å². The molecule has 1 heterocycles. The number of nitrogens with one attached hydrogen (secondary N) is 3. The van der Waals surface area contributed by atoms with Gasteiger partial charge in [-0.15, -0.1) is 0 Å². The molecule has 0 radical (unpaired) electrons. The average molecular weight is 253 g/mol. The Labute approximate surface area is 110 Å². The SMILES string of the molecule is CC(CC1CCCCN1)NCCC(=O)NC1CC1. The molecule has 4 nitrogen and oxygen atoms in total. The Kier molecular flexibility index (Phi) is 5.45. The van der Waals surface area contributed by atoms with Crippen LogP contribution in [0, 0.1) is 0 Å². The summed E-state index contributed by atoms with van der Waals surface area (Å²) in [4.78, 5) is 11.5. The molecule has 0 aromatic rings. The fourth-order valence-electron chi connectivity index (χ4n) is 2.59. The summed E-state index contributed by atoms with van der Waals surface area (Å²) < 4.78 is 0. The molecule has 1 aliphatic carbocycles. The van der Waals surface area contributed by atoms with Crippen molar-refractivity contribution in [2.24, 2.45) is 0 Å². The van der Waals surface area contributed by atoms with E-state index in [1.165, 1.54) is 45.1 Å². The van der Waals surface area contributed by atoms with Crippen molar-refractivity contribution in [2.75, 3.05) is 13.1 Å². The summed E-state index contributed by atoms with van der Waals surface area (Å²) in [5.74, 6) is 0.202. The van der Waals surface area contributed by atoms with Crippen molar-refractivity contribution in [1.82, 2.24) is 16.0 Å². The second kappa shape index (κ2) is 7.10. The van der Waals surface area contributed by atoms with Crippen LogP contribution in [0.3, 0.4) is 0 Å². The highest BCUT2D eigenvalue weighted by molar-refractivity contribution is 5.76. The Bertz CT molecular complexity index is 260. The van der Waals surface area contributed by atoms with E-state index in [4.69, 9.17) is 0 Å². The zero-order valence-electron chi connectivity index (χ0n) is 11.5. The van der Waals surface area contributed by atoms with Crippen molar-refractivity contribution in [3.05, 3.63) is 0 Å². The highest BCUT2D eigenvalue weighted by Gasteiger charge is 2.22. The minimum atomic E-state index is 0.202. The van der Waals surface area contributed by atoms with Crippen LogP contribution in [0.1, 0.15) is 51.9 Å². The minimum Gasteiger partial charge on any atom is -0.353 e. The second-order valence-electron chi connectivity index (χ2n) is 5.83. The molecule has 0 bridgehead atoms. The zero-order chi connectivity index (χ0) is 12.8. The predicted molar refractivity (Wildman–Crippen MR) is 73.5 cm³/mol. The van der Waals surface area contributed by atoms with Gasteiger partial charge in [-0.1, -0.05) is 6.42 Å². The van der Waals surface area contributed by atoms with Gasteiger partial charge in [-0.2, -0.15) is 0 Å². The quantitative estimate of drug-likeness (QED) is 0.638. The molecule has 2 atom stereocenters. The molecule has 0 aromatic heterocycles. The first kappa shape index (κ1) is 13.8. The number of piperidine rings is 1. The molecule has 0 aromatic carbocycles. The predicted octanol–water partition coefficient (Wildman–Crippen LogP) is 1.17. The van der Waals surface area contributed by atoms with E-state index in [2.05, 4.69) is 22.9 Å². The third-order valence-electron chi connectivity index (χ3n) is 3.84. The van der Waals surface area contributed by atoms with Gasteiger partial charge in [-0.05, 0) is 45.6 Å². The zero-order valence-corrected chi connectivity index (χ0v) is 11.5. The molecule has 2 rings (SSSR count). The fourth-order valence-corrected chi connectivity index (χ4v) is 2.59. The Morgan fingerprint density at radius 2 is 2.17 bits per heavy atom. The number of amides is 1. The van der Waals surface area contributed by atoms with Gasteiger partial charge in [0.15, 0.2) is 0 Å². The van der Waals surface area contributed by atoms with E-state index in [1.807, 2.05) is 0 Å². The summed E-state index contributed by atoms with van der Waals surface area (Å²) in [6.45, 7) is 4.18. The van der Waals surface area contributed by atoms with Crippen molar-refractivity contribution in [1.29, 1.82) is 0 Å². The first-order valence-electron chi connectivity index (χ1n) is 7.50. The van der Waals surface area contributed by atoms with E-state index in [-0.39, 0.29) is 5.91 Å². The van der Waals surface area contributed by atoms with Gasteiger partial charge in [-0.25, -0.2) is 0 Å². The van der Waals surface area contributed by atoms with Crippen LogP contribution in [0.15, 0.2) is 0 Å². The van der Waals surface area contributed by atoms with Gasteiger partial charge in [0.05, 0.1) is 0 Å². The van der Waals surface area contributed by atoms with Gasteiger partial charge in [0.1, 0.15) is 0 Å². The van der Waals surface area contributed by atoms with E-state index in [9.17, 15) is 4.79 Å². The van der Waals surface area contributed by atoms with Gasteiger partial charge in [-0.3, -0.25) is 4.79 Å². The van der Waals surface area contributed by atoms with Gasteiger partial charge in [0, 0.05) is 31.1 Å². The molecule has 1 saturated carbocycles. The maximum absolute atomic E-state index is 11.5. The van der Waals surface area contributed by atoms with E-state index >= 15 is 0 Å². The van der Waals surface area contributed by atoms with Crippen molar-refractivity contribution in [2.45, 2.75) is 70.0 Å². The second-order valence-corrected chi connectivity index (χ2v) is 5.83. The molecular weight excluding hydrogens is 226 g/mol. The summed E-state index contributed by atoms with van der Waals surface area (Å²) in [6.07, 6.45) is 8.09. The number of hydrogen-bond acceptors (Lipinski definition) is 3. The molecule has 3 N–H and O–H groups in total. The van der Waals surface area contributed by atoms with Gasteiger partial charge < -0.3 is 16.0 Å². The molecule has 2 fully saturated rings. The lowest BCUT2D eigenvalue weighted by molar-refractivity contribution is -0.121. The first-order valence-corrected chi connectivity index (χ1v) is 7.50. The van der Waals surface area contributed by atoms with E-state index in [1.54, 1.807) is 0 Å². The molecule has 4 heteroatoms. The monoisotopic (exact) mass is 253 g/mol. The number of carbonyl (C=O) groups excluding carboxylic acids is 1. The van der Waals surface area contributed by atoms with Crippen LogP contribution in [0.4, 0.5) is 0 Å². The van der Waals surface area contributed by atoms with Crippen LogP contribution in [0.25, 0.3) is 0 Å². The molecule has 18 heavy (non-hydrogen) atoms. The van der Waals surface area contributed by atoms with Gasteiger partial charge >= 0.3 is 0 Å². The van der Waals surface area contributed by atoms with Crippen LogP contribution in [0.5, 0.6) is 0 Å². The molecule has 0 spiro atoms. The molecule has 104 valence electrons. The van der Waals surface area contributed by atoms with E-state index < -0.39 is 0 Å². The molecule has 1 saturated heterocycles. The van der Waals surface area contributed by atoms with Crippen LogP contribution in [-0.2, 0) is 4.79 Å². The third-order valence-corrected chi connectivity index (χ3v) is 3.84. The number of carbonyl (C=O) groups is 1. The lowest BCUT2D eigenvalue weighted by Gasteiger charge is -2.26. The standard InChI is InChI=1S/C14H27N3O/c1-11(10-13-4-2-3-8-16-13)15-9-7-14(18)17-12-5-6-12/h11-13,15-16H,2-10H2,1H3,(H,17,18). The summed E-state index contributed by atoms with van der Waals surface area (Å²) in [5.41, 5.74) is 0. The first-order chi connectivity index (χ1) is 8.74. The minimum absolute atomic E-state index is 0.202. The highest BCUT2D eigenvalue weighted by atomic mass is 16.1. The van der Waals surface area contributed by atoms with Crippen molar-refractivity contribution in [3.63, 3.8) is 0 Å². The highest BCUT2D eigenvalue weighted by Crippen LogP contribution is 2.18. The average Bonchev–Trinajstić information content (AvgIpc) is 3.14. The summed E-state index contributed by atoms with van der Waals surface area (Å²) in [5, 5.41) is 10.0. The molecule has 1 amide bonds. The Hall–Kier alpha value is -0.610. The third kappa shape index (κ3) is 5.36. The van der Waals surface area contributed by atoms with Crippen LogP contribution >= 0.6 is 0 Å². The van der Waals surface area contributed by atoms with Crippen LogP contribution < -0.4 is 16.0 Å². The van der Waals surface area contributed by atoms with Crippen molar-refractivity contribution < 1.29 is 4.79 Å². The smallest absolute Gasteiger partial charge is 0.221 e. The normalized spacial score (nSPS) is 25.7. The van der Waals surface area contributed by atoms with Crippen LogP contribution in [-0.4, -0.2) is 37.1 Å². The number of hydrogen-bond donors (Lipinski definition) is 3. The Morgan fingerprint density at radius 3 is 2.83 bits per heavy atom. The molecule has 1 aliphatic heterocycles.